The molecular weight excluding hydrogens is 415 g/mol. The number of nitrogens with zero attached hydrogens (tertiary/aromatic N) is 2. The van der Waals surface area contributed by atoms with E-state index >= 15 is 0 Å². The third-order valence-electron chi connectivity index (χ3n) is 3.60. The molecule has 6 nitrogen and oxygen atoms in total. The van der Waals surface area contributed by atoms with Gasteiger partial charge in [-0.2, -0.15) is 0 Å². The third kappa shape index (κ3) is 9.14. The molecule has 1 fully saturated rings. The number of hydrogen-bond donors (Lipinski definition) is 2. The lowest BCUT2D eigenvalue weighted by Crippen LogP contribution is -2.41. The molecule has 0 spiro atoms. The third-order valence-corrected chi connectivity index (χ3v) is 4.33. The molecule has 0 aromatic rings. The van der Waals surface area contributed by atoms with Crippen molar-refractivity contribution < 1.29 is 8.42 Å². The average Bonchev–Trinajstić information content (AvgIpc) is 2.79. The normalized spacial score (nSPS) is 19.4. The fourth-order valence-electron chi connectivity index (χ4n) is 2.76. The lowest BCUT2D eigenvalue weighted by molar-refractivity contribution is 0.403. The van der Waals surface area contributed by atoms with Gasteiger partial charge >= 0.3 is 0 Å². The standard InChI is InChI=1S/C14H30N4O2S.HI/c1-12(2)10-13-6-9-18(11-13)14(15-3)16-7-5-8-17-21(4,19)20;/h12-13,17H,5-11H2,1-4H3,(H,15,16);1H. The predicted molar refractivity (Wildman–Crippen MR) is 103 cm³/mol. The van der Waals surface area contributed by atoms with Crippen LogP contribution >= 0.6 is 24.0 Å². The first-order valence-corrected chi connectivity index (χ1v) is 9.61. The highest BCUT2D eigenvalue weighted by Crippen LogP contribution is 2.23. The van der Waals surface area contributed by atoms with Crippen LogP contribution < -0.4 is 10.0 Å². The molecule has 0 radical (unpaired) electrons. The molecule has 1 unspecified atom stereocenters. The summed E-state index contributed by atoms with van der Waals surface area (Å²) in [5.41, 5.74) is 0. The van der Waals surface area contributed by atoms with Crippen LogP contribution in [-0.4, -0.2) is 58.8 Å². The molecule has 1 atom stereocenters. The summed E-state index contributed by atoms with van der Waals surface area (Å²) in [6, 6.07) is 0. The molecule has 0 aliphatic carbocycles. The molecule has 1 aliphatic rings. The van der Waals surface area contributed by atoms with E-state index in [1.54, 1.807) is 7.05 Å². The van der Waals surface area contributed by atoms with Gasteiger partial charge in [0.15, 0.2) is 5.96 Å². The minimum atomic E-state index is -3.08. The molecule has 132 valence electrons. The van der Waals surface area contributed by atoms with Crippen molar-refractivity contribution in [2.24, 2.45) is 16.8 Å². The van der Waals surface area contributed by atoms with Gasteiger partial charge in [-0.15, -0.1) is 24.0 Å². The van der Waals surface area contributed by atoms with E-state index in [9.17, 15) is 8.42 Å². The van der Waals surface area contributed by atoms with Gasteiger partial charge in [-0.1, -0.05) is 13.8 Å². The predicted octanol–water partition coefficient (Wildman–Crippen LogP) is 1.49. The summed E-state index contributed by atoms with van der Waals surface area (Å²) in [6.07, 6.45) is 4.42. The number of hydrogen-bond acceptors (Lipinski definition) is 3. The van der Waals surface area contributed by atoms with Crippen LogP contribution in [0, 0.1) is 11.8 Å². The lowest BCUT2D eigenvalue weighted by atomic mass is 9.97. The largest absolute Gasteiger partial charge is 0.356 e. The quantitative estimate of drug-likeness (QED) is 0.269. The van der Waals surface area contributed by atoms with E-state index in [-0.39, 0.29) is 24.0 Å². The Morgan fingerprint density at radius 2 is 2.05 bits per heavy atom. The Balaban J connectivity index is 0.00000441. The Morgan fingerprint density at radius 1 is 1.36 bits per heavy atom. The number of aliphatic imine (C=N–C) groups is 1. The van der Waals surface area contributed by atoms with Crippen LogP contribution in [-0.2, 0) is 10.0 Å². The van der Waals surface area contributed by atoms with Gasteiger partial charge in [-0.05, 0) is 31.1 Å². The summed E-state index contributed by atoms with van der Waals surface area (Å²) in [7, 11) is -1.28. The van der Waals surface area contributed by atoms with Gasteiger partial charge in [0.25, 0.3) is 0 Å². The average molecular weight is 446 g/mol. The van der Waals surface area contributed by atoms with Crippen molar-refractivity contribution in [1.82, 2.24) is 14.9 Å². The zero-order chi connectivity index (χ0) is 15.9. The zero-order valence-corrected chi connectivity index (χ0v) is 17.3. The van der Waals surface area contributed by atoms with E-state index in [1.165, 1.54) is 19.1 Å². The summed E-state index contributed by atoms with van der Waals surface area (Å²) in [5, 5.41) is 3.31. The monoisotopic (exact) mass is 446 g/mol. The first-order chi connectivity index (χ1) is 9.81. The number of likely N-dealkylation sites (tertiary alicyclic amines) is 1. The SMILES string of the molecule is CN=C(NCCCNS(C)(=O)=O)N1CCC(CC(C)C)C1.I. The fraction of sp³-hybridized carbons (Fsp3) is 0.929. The molecule has 1 saturated heterocycles. The van der Waals surface area contributed by atoms with Crippen molar-refractivity contribution in [2.45, 2.75) is 33.1 Å². The number of nitrogens with one attached hydrogen (secondary N) is 2. The summed E-state index contributed by atoms with van der Waals surface area (Å²) in [4.78, 5) is 6.63. The van der Waals surface area contributed by atoms with Crippen LogP contribution in [0.1, 0.15) is 33.1 Å². The van der Waals surface area contributed by atoms with Gasteiger partial charge in [-0.3, -0.25) is 4.99 Å². The molecule has 22 heavy (non-hydrogen) atoms. The Bertz CT molecular complexity index is 440. The summed E-state index contributed by atoms with van der Waals surface area (Å²) >= 11 is 0. The van der Waals surface area contributed by atoms with E-state index in [4.69, 9.17) is 0 Å². The molecule has 0 aromatic heterocycles. The van der Waals surface area contributed by atoms with Crippen molar-refractivity contribution in [3.63, 3.8) is 0 Å². The highest BCUT2D eigenvalue weighted by Gasteiger charge is 2.25. The van der Waals surface area contributed by atoms with Crippen LogP contribution in [0.15, 0.2) is 4.99 Å². The molecule has 8 heteroatoms. The van der Waals surface area contributed by atoms with E-state index in [1.807, 2.05) is 0 Å². The van der Waals surface area contributed by atoms with Gasteiger partial charge in [-0.25, -0.2) is 13.1 Å². The highest BCUT2D eigenvalue weighted by atomic mass is 127. The van der Waals surface area contributed by atoms with Gasteiger partial charge in [0.1, 0.15) is 0 Å². The summed E-state index contributed by atoms with van der Waals surface area (Å²) in [6.45, 7) is 7.84. The fourth-order valence-corrected chi connectivity index (χ4v) is 3.28. The van der Waals surface area contributed by atoms with E-state index in [0.717, 1.165) is 43.9 Å². The number of guanidine groups is 1. The Morgan fingerprint density at radius 3 is 2.59 bits per heavy atom. The molecular formula is C14H31IN4O2S. The van der Waals surface area contributed by atoms with Gasteiger partial charge in [0.05, 0.1) is 6.26 Å². The Labute approximate surface area is 152 Å². The van der Waals surface area contributed by atoms with E-state index in [2.05, 4.69) is 33.8 Å². The highest BCUT2D eigenvalue weighted by molar-refractivity contribution is 14.0. The summed E-state index contributed by atoms with van der Waals surface area (Å²) in [5.74, 6) is 2.43. The van der Waals surface area contributed by atoms with Gasteiger partial charge in [0, 0.05) is 33.2 Å². The molecule has 0 saturated carbocycles. The van der Waals surface area contributed by atoms with Crippen LogP contribution in [0.5, 0.6) is 0 Å². The van der Waals surface area contributed by atoms with Crippen molar-refractivity contribution in [2.75, 3.05) is 39.5 Å². The Hall–Kier alpha value is -0.0900. The summed E-state index contributed by atoms with van der Waals surface area (Å²) < 4.78 is 24.4. The van der Waals surface area contributed by atoms with Crippen molar-refractivity contribution in [1.29, 1.82) is 0 Å². The first-order valence-electron chi connectivity index (χ1n) is 7.72. The molecule has 0 amide bonds. The van der Waals surface area contributed by atoms with Gasteiger partial charge < -0.3 is 10.2 Å². The van der Waals surface area contributed by atoms with E-state index < -0.39 is 10.0 Å². The van der Waals surface area contributed by atoms with Crippen LogP contribution in [0.2, 0.25) is 0 Å². The maximum atomic E-state index is 11.0. The van der Waals surface area contributed by atoms with Crippen molar-refractivity contribution in [3.05, 3.63) is 0 Å². The lowest BCUT2D eigenvalue weighted by Gasteiger charge is -2.22. The minimum Gasteiger partial charge on any atom is -0.356 e. The van der Waals surface area contributed by atoms with Gasteiger partial charge in [0.2, 0.25) is 10.0 Å². The van der Waals surface area contributed by atoms with Crippen molar-refractivity contribution in [3.8, 4) is 0 Å². The maximum Gasteiger partial charge on any atom is 0.208 e. The number of rotatable bonds is 7. The van der Waals surface area contributed by atoms with Crippen LogP contribution in [0.4, 0.5) is 0 Å². The molecule has 0 aromatic carbocycles. The van der Waals surface area contributed by atoms with E-state index in [0.29, 0.717) is 6.54 Å². The molecule has 1 rings (SSSR count). The zero-order valence-electron chi connectivity index (χ0n) is 14.1. The van der Waals surface area contributed by atoms with Crippen LogP contribution in [0.25, 0.3) is 0 Å². The second-order valence-electron chi connectivity index (χ2n) is 6.22. The second kappa shape index (κ2) is 10.6. The van der Waals surface area contributed by atoms with Crippen molar-refractivity contribution >= 4 is 40.0 Å². The second-order valence-corrected chi connectivity index (χ2v) is 8.06. The molecule has 1 heterocycles. The topological polar surface area (TPSA) is 73.8 Å². The smallest absolute Gasteiger partial charge is 0.208 e. The maximum absolute atomic E-state index is 11.0. The Kier molecular flexibility index (Phi) is 10.6. The first kappa shape index (κ1) is 21.9. The molecule has 0 bridgehead atoms. The van der Waals surface area contributed by atoms with Crippen LogP contribution in [0.3, 0.4) is 0 Å². The number of sulfonamides is 1. The minimum absolute atomic E-state index is 0. The molecule has 1 aliphatic heterocycles. The molecule has 2 N–H and O–H groups in total. The number of halogens is 1.